The molecule has 0 spiro atoms. The average Bonchev–Trinajstić information content (AvgIpc) is 1.65. The van der Waals surface area contributed by atoms with Gasteiger partial charge >= 0.3 is 0 Å². The summed E-state index contributed by atoms with van der Waals surface area (Å²) in [5.41, 5.74) is -13.7. The third kappa shape index (κ3) is 7.61. The molecular weight excluding hydrogens is 932 g/mol. The highest BCUT2D eigenvalue weighted by Crippen LogP contribution is 2.55. The molecule has 77 heavy (non-hydrogen) atoms. The Balaban J connectivity index is 1.37. The maximum atomic E-state index is 11.3. The Bertz CT molecular complexity index is 5620. The van der Waals surface area contributed by atoms with Gasteiger partial charge in [-0.3, -0.25) is 0 Å². The smallest absolute Gasteiger partial charge is 0.252 e. The van der Waals surface area contributed by atoms with E-state index in [1.165, 1.54) is 9.47 Å². The fourth-order valence-electron chi connectivity index (χ4n) is 10.3. The maximum Gasteiger partial charge on any atom is 0.252 e. The van der Waals surface area contributed by atoms with E-state index < -0.39 is 247 Å². The van der Waals surface area contributed by atoms with Crippen LogP contribution in [0.25, 0.3) is 38.3 Å². The van der Waals surface area contributed by atoms with Gasteiger partial charge in [-0.05, 0) is 161 Å². The fourth-order valence-corrected chi connectivity index (χ4v) is 10.3. The average molecular weight is 1030 g/mol. The topological polar surface area (TPSA) is 14.7 Å². The molecule has 0 fully saturated rings. The van der Waals surface area contributed by atoms with Crippen molar-refractivity contribution in [3.8, 4) is 5.69 Å². The highest BCUT2D eigenvalue weighted by molar-refractivity contribution is 7.00. The lowest BCUT2D eigenvalue weighted by atomic mass is 9.33. The van der Waals surface area contributed by atoms with Gasteiger partial charge in [0.05, 0.1) is 72.2 Å². The second-order valence-corrected chi connectivity index (χ2v) is 25.3. The van der Waals surface area contributed by atoms with Crippen LogP contribution in [0.5, 0.6) is 0 Å². The van der Waals surface area contributed by atoms with E-state index in [1.807, 2.05) is 0 Å². The molecule has 0 atom stereocenters. The van der Waals surface area contributed by atoms with Crippen LogP contribution in [-0.4, -0.2) is 11.3 Å². The highest BCUT2D eigenvalue weighted by atomic mass is 15.2. The second-order valence-electron chi connectivity index (χ2n) is 25.3. The van der Waals surface area contributed by atoms with Crippen LogP contribution in [0.2, 0.25) is 0 Å². The zero-order chi connectivity index (χ0) is 78.4. The summed E-state index contributed by atoms with van der Waals surface area (Å²) in [5.74, 6) is 0. The number of benzene rings is 9. The molecule has 3 aliphatic rings. The summed E-state index contributed by atoms with van der Waals surface area (Å²) < 4.78 is 283. The SMILES string of the molecule is [2H]c1c([2H])c2c3c(c1[2H])-n1c4c([2H])c([2H])c(C(C)(C)C)c([2H])c4c4c([2H])c(C(C)(C)C)c([2H])c(c41)N3c1c([2H])c(C(C)(C)C)c([2H])c3c1B2c1c([2H])c([2H])c(N(c2c([2H])c([2H])c(C(C)(C)C)c([2H])c2[2H])c2c([2H])c([2H])c(C(C)(C)C)c([2H])c2[2H])c([2H])c1N3c1c([2H])c([2H])c([2H])c2c([2H])c([2H])c([2H])c([2H])c12. The van der Waals surface area contributed by atoms with Gasteiger partial charge in [0.25, 0.3) is 6.71 Å². The third-order valence-corrected chi connectivity index (χ3v) is 14.5. The Hall–Kier alpha value is -7.50. The van der Waals surface area contributed by atoms with E-state index in [0.29, 0.717) is 4.90 Å². The number of nitrogens with zero attached hydrogens (tertiary/aromatic N) is 4. The Morgan fingerprint density at radius 2 is 0.870 bits per heavy atom. The van der Waals surface area contributed by atoms with Gasteiger partial charge in [0.15, 0.2) is 0 Å². The van der Waals surface area contributed by atoms with Crippen molar-refractivity contribution in [1.29, 1.82) is 0 Å². The zero-order valence-corrected chi connectivity index (χ0v) is 45.9. The molecule has 0 N–H and O–H groups in total. The predicted octanol–water partition coefficient (Wildman–Crippen LogP) is 18.3. The summed E-state index contributed by atoms with van der Waals surface area (Å²) in [6.45, 7) is 23.1. The molecule has 4 heterocycles. The van der Waals surface area contributed by atoms with Gasteiger partial charge < -0.3 is 19.3 Å². The van der Waals surface area contributed by atoms with E-state index in [1.54, 1.807) is 104 Å². The van der Waals surface area contributed by atoms with Gasteiger partial charge in [0.2, 0.25) is 0 Å². The largest absolute Gasteiger partial charge is 0.311 e. The Morgan fingerprint density at radius 3 is 1.49 bits per heavy atom. The molecule has 0 amide bonds. The number of para-hydroxylation sites is 1. The fraction of sp³-hybridized carbons (Fsp3) is 0.278. The van der Waals surface area contributed by atoms with Crippen molar-refractivity contribution in [2.45, 2.75) is 131 Å². The van der Waals surface area contributed by atoms with Crippen molar-refractivity contribution in [2.24, 2.45) is 0 Å². The van der Waals surface area contributed by atoms with E-state index in [2.05, 4.69) is 0 Å². The number of rotatable bonds is 4. The van der Waals surface area contributed by atoms with Gasteiger partial charge in [0, 0.05) is 50.3 Å². The van der Waals surface area contributed by atoms with Crippen molar-refractivity contribution in [1.82, 2.24) is 4.57 Å². The monoisotopic (exact) mass is 1030 g/mol. The molecule has 0 unspecified atom stereocenters. The molecule has 9 aromatic carbocycles. The van der Waals surface area contributed by atoms with Crippen molar-refractivity contribution in [3.63, 3.8) is 0 Å². The number of fused-ring (bicyclic) bond motifs is 10. The van der Waals surface area contributed by atoms with Crippen LogP contribution in [-0.2, 0) is 27.1 Å². The Labute approximate surface area is 497 Å². The first-order valence-corrected chi connectivity index (χ1v) is 25.8. The van der Waals surface area contributed by atoms with Gasteiger partial charge in [-0.25, -0.2) is 0 Å². The van der Waals surface area contributed by atoms with Crippen LogP contribution in [0.3, 0.4) is 0 Å². The van der Waals surface area contributed by atoms with Crippen molar-refractivity contribution >= 4 is 107 Å². The van der Waals surface area contributed by atoms with Crippen molar-refractivity contribution in [3.05, 3.63) is 197 Å². The summed E-state index contributed by atoms with van der Waals surface area (Å²) >= 11 is 0. The summed E-state index contributed by atoms with van der Waals surface area (Å²) in [6.07, 6.45) is 0. The molecule has 0 aliphatic carbocycles. The van der Waals surface area contributed by atoms with Crippen LogP contribution in [0.4, 0.5) is 51.2 Å². The molecule has 10 aromatic rings. The minimum absolute atomic E-state index is 0.0358. The standard InChI is InChI=1S/C72H73BN4/c1-68(2,3)45-26-31-50(32-27-45)74(51-33-28-46(29-34-51)69(4,5)6)52-35-36-56-61(43-52)75(58-24-18-21-44-20-16-17-22-53(44)58)62-40-49(72(13,14)15)41-63-65(62)73(56)57-23-19-25-60-67(57)77(63)64-42-48(71(10,11)12)39-55-54-38-47(70(7,8)9)30-37-59(54)76(60)66(55)64/h16-43H,1-15H3/i16D,17D,18D,19D,20D,21D,22D,23D,24D,25D,26D,27D,28D,29D,30D,31D,32D,33D,34D,35D,36D,37D,38D,39D,40D,41D,42D,43D. The molecule has 0 saturated carbocycles. The predicted molar refractivity (Wildman–Crippen MR) is 334 cm³/mol. The summed E-state index contributed by atoms with van der Waals surface area (Å²) in [7, 11) is 0. The normalized spacial score (nSPS) is 19.2. The van der Waals surface area contributed by atoms with E-state index in [0.717, 1.165) is 4.90 Å². The second kappa shape index (κ2) is 16.5. The molecular formula is C72H73BN4. The van der Waals surface area contributed by atoms with Gasteiger partial charge in [-0.2, -0.15) is 0 Å². The molecule has 0 saturated heterocycles. The van der Waals surface area contributed by atoms with Crippen molar-refractivity contribution < 1.29 is 38.4 Å². The molecule has 5 heteroatoms. The van der Waals surface area contributed by atoms with E-state index in [9.17, 15) is 37.0 Å². The quantitative estimate of drug-likeness (QED) is 0.163. The van der Waals surface area contributed by atoms with Gasteiger partial charge in [0.1, 0.15) is 0 Å². The maximum absolute atomic E-state index is 11.3. The summed E-state index contributed by atoms with van der Waals surface area (Å²) in [5, 5.41) is -1.44. The molecule has 4 nitrogen and oxygen atoms in total. The van der Waals surface area contributed by atoms with Crippen LogP contribution in [0.15, 0.2) is 169 Å². The van der Waals surface area contributed by atoms with E-state index >= 15 is 0 Å². The van der Waals surface area contributed by atoms with Crippen molar-refractivity contribution in [2.75, 3.05) is 14.7 Å². The van der Waals surface area contributed by atoms with Gasteiger partial charge in [-0.1, -0.05) is 188 Å². The molecule has 3 aliphatic heterocycles. The lowest BCUT2D eigenvalue weighted by molar-refractivity contribution is 0.590. The zero-order valence-electron chi connectivity index (χ0n) is 73.9. The summed E-state index contributed by atoms with van der Waals surface area (Å²) in [4.78, 5) is 2.97. The minimum atomic E-state index is -2.01. The van der Waals surface area contributed by atoms with Crippen LogP contribution in [0.1, 0.15) is 170 Å². The van der Waals surface area contributed by atoms with Gasteiger partial charge in [-0.15, -0.1) is 0 Å². The molecule has 1 aromatic heterocycles. The van der Waals surface area contributed by atoms with Crippen LogP contribution < -0.4 is 31.1 Å². The number of anilines is 9. The van der Waals surface area contributed by atoms with E-state index in [4.69, 9.17) is 1.37 Å². The van der Waals surface area contributed by atoms with Crippen LogP contribution >= 0.6 is 0 Å². The Morgan fingerprint density at radius 1 is 0.364 bits per heavy atom. The first-order valence-electron chi connectivity index (χ1n) is 39.8. The number of aromatic nitrogens is 1. The first kappa shape index (κ1) is 27.2. The lowest BCUT2D eigenvalue weighted by Crippen LogP contribution is -2.62. The van der Waals surface area contributed by atoms with E-state index in [-0.39, 0.29) is 89.9 Å². The van der Waals surface area contributed by atoms with Crippen LogP contribution in [0, 0.1) is 0 Å². The first-order chi connectivity index (χ1) is 48.1. The molecule has 13 rings (SSSR count). The lowest BCUT2D eigenvalue weighted by Gasteiger charge is -2.47. The molecule has 0 bridgehead atoms. The number of hydrogen-bond donors (Lipinski definition) is 0. The third-order valence-electron chi connectivity index (χ3n) is 14.5. The highest BCUT2D eigenvalue weighted by Gasteiger charge is 2.47. The summed E-state index contributed by atoms with van der Waals surface area (Å²) in [6, 6.07) is -21.5. The minimum Gasteiger partial charge on any atom is -0.311 e. The number of hydrogen-bond acceptors (Lipinski definition) is 3. The molecule has 0 radical (unpaired) electrons. The molecule has 384 valence electrons. The Kier molecular flexibility index (Phi) is 5.83.